The number of rotatable bonds is 7. The minimum absolute atomic E-state index is 0.0289. The third-order valence-corrected chi connectivity index (χ3v) is 4.34. The number of nitrogens with zero attached hydrogens (tertiary/aromatic N) is 3. The standard InChI is InChI=1S/C18H27N3O2/c1-5-6-8-20(4)18(23)12-21-16-11-14(3)13(2)10-15(16)19-17(21)7-9-22/h10-11,22H,5-9,12H2,1-4H3. The van der Waals surface area contributed by atoms with E-state index in [0.29, 0.717) is 6.42 Å². The van der Waals surface area contributed by atoms with Crippen LogP contribution in [0.25, 0.3) is 11.0 Å². The number of aliphatic hydroxyl groups excluding tert-OH is 1. The molecular weight excluding hydrogens is 290 g/mol. The lowest BCUT2D eigenvalue weighted by atomic mass is 10.1. The minimum Gasteiger partial charge on any atom is -0.396 e. The average Bonchev–Trinajstić information content (AvgIpc) is 2.83. The van der Waals surface area contributed by atoms with Crippen LogP contribution in [0.1, 0.15) is 36.7 Å². The fraction of sp³-hybridized carbons (Fsp3) is 0.556. The highest BCUT2D eigenvalue weighted by molar-refractivity contribution is 5.82. The number of fused-ring (bicyclic) bond motifs is 1. The Balaban J connectivity index is 2.35. The molecule has 0 unspecified atom stereocenters. The largest absolute Gasteiger partial charge is 0.396 e. The Bertz CT molecular complexity index is 691. The zero-order chi connectivity index (χ0) is 17.0. The average molecular weight is 317 g/mol. The summed E-state index contributed by atoms with van der Waals surface area (Å²) in [5.74, 6) is 0.847. The maximum Gasteiger partial charge on any atom is 0.242 e. The summed E-state index contributed by atoms with van der Waals surface area (Å²) in [5.41, 5.74) is 4.22. The van der Waals surface area contributed by atoms with Crippen LogP contribution in [0.3, 0.4) is 0 Å². The molecule has 0 radical (unpaired) electrons. The molecule has 1 heterocycles. The van der Waals surface area contributed by atoms with E-state index in [1.54, 1.807) is 4.90 Å². The molecule has 1 amide bonds. The van der Waals surface area contributed by atoms with Crippen LogP contribution in [0.2, 0.25) is 0 Å². The van der Waals surface area contributed by atoms with Crippen molar-refractivity contribution in [3.63, 3.8) is 0 Å². The fourth-order valence-electron chi connectivity index (χ4n) is 2.67. The summed E-state index contributed by atoms with van der Waals surface area (Å²) < 4.78 is 1.95. The SMILES string of the molecule is CCCCN(C)C(=O)Cn1c(CCO)nc2cc(C)c(C)cc21. The topological polar surface area (TPSA) is 58.4 Å². The number of hydrogen-bond donors (Lipinski definition) is 1. The Labute approximate surface area is 137 Å². The first-order chi connectivity index (χ1) is 11.0. The molecule has 0 bridgehead atoms. The zero-order valence-electron chi connectivity index (χ0n) is 14.6. The van der Waals surface area contributed by atoms with Gasteiger partial charge in [-0.05, 0) is 43.5 Å². The molecule has 0 fully saturated rings. The Morgan fingerprint density at radius 2 is 2.00 bits per heavy atom. The lowest BCUT2D eigenvalue weighted by molar-refractivity contribution is -0.130. The van der Waals surface area contributed by atoms with Gasteiger partial charge < -0.3 is 14.6 Å². The lowest BCUT2D eigenvalue weighted by Gasteiger charge is -2.18. The van der Waals surface area contributed by atoms with Crippen molar-refractivity contribution in [2.24, 2.45) is 0 Å². The highest BCUT2D eigenvalue weighted by Crippen LogP contribution is 2.21. The second-order valence-electron chi connectivity index (χ2n) is 6.18. The lowest BCUT2D eigenvalue weighted by Crippen LogP contribution is -2.31. The van der Waals surface area contributed by atoms with E-state index < -0.39 is 0 Å². The predicted molar refractivity (Wildman–Crippen MR) is 92.5 cm³/mol. The van der Waals surface area contributed by atoms with Gasteiger partial charge in [-0.3, -0.25) is 4.79 Å². The van der Waals surface area contributed by atoms with Crippen LogP contribution in [0.5, 0.6) is 0 Å². The van der Waals surface area contributed by atoms with Crippen molar-refractivity contribution in [3.8, 4) is 0 Å². The normalized spacial score (nSPS) is 11.2. The molecule has 1 aromatic heterocycles. The maximum atomic E-state index is 12.5. The summed E-state index contributed by atoms with van der Waals surface area (Å²) in [6.07, 6.45) is 2.54. The van der Waals surface area contributed by atoms with Gasteiger partial charge in [-0.25, -0.2) is 4.98 Å². The van der Waals surface area contributed by atoms with E-state index in [-0.39, 0.29) is 19.1 Å². The van der Waals surface area contributed by atoms with Crippen molar-refractivity contribution < 1.29 is 9.90 Å². The molecule has 0 aliphatic carbocycles. The van der Waals surface area contributed by atoms with E-state index >= 15 is 0 Å². The number of imidazole rings is 1. The highest BCUT2D eigenvalue weighted by Gasteiger charge is 2.16. The molecule has 5 nitrogen and oxygen atoms in total. The van der Waals surface area contributed by atoms with E-state index in [1.165, 1.54) is 11.1 Å². The molecule has 2 aromatic rings. The smallest absolute Gasteiger partial charge is 0.242 e. The number of aliphatic hydroxyl groups is 1. The number of aryl methyl sites for hydroxylation is 2. The van der Waals surface area contributed by atoms with Crippen LogP contribution in [-0.2, 0) is 17.8 Å². The van der Waals surface area contributed by atoms with Gasteiger partial charge in [0.25, 0.3) is 0 Å². The zero-order valence-corrected chi connectivity index (χ0v) is 14.6. The first-order valence-corrected chi connectivity index (χ1v) is 8.29. The van der Waals surface area contributed by atoms with Crippen molar-refractivity contribution in [1.29, 1.82) is 0 Å². The first-order valence-electron chi connectivity index (χ1n) is 8.29. The van der Waals surface area contributed by atoms with Gasteiger partial charge in [-0.1, -0.05) is 13.3 Å². The van der Waals surface area contributed by atoms with Crippen molar-refractivity contribution in [2.45, 2.75) is 46.6 Å². The Morgan fingerprint density at radius 1 is 1.30 bits per heavy atom. The molecule has 126 valence electrons. The maximum absolute atomic E-state index is 12.5. The van der Waals surface area contributed by atoms with E-state index in [1.807, 2.05) is 17.7 Å². The van der Waals surface area contributed by atoms with Crippen LogP contribution in [0, 0.1) is 13.8 Å². The number of carbonyl (C=O) groups excluding carboxylic acids is 1. The molecule has 1 aromatic carbocycles. The van der Waals surface area contributed by atoms with Crippen molar-refractivity contribution in [3.05, 3.63) is 29.1 Å². The Hall–Kier alpha value is -1.88. The third kappa shape index (κ3) is 3.91. The summed E-state index contributed by atoms with van der Waals surface area (Å²) in [6.45, 7) is 7.31. The van der Waals surface area contributed by atoms with Gasteiger partial charge in [0.1, 0.15) is 12.4 Å². The number of amides is 1. The van der Waals surface area contributed by atoms with Gasteiger partial charge in [-0.15, -0.1) is 0 Å². The van der Waals surface area contributed by atoms with Crippen LogP contribution >= 0.6 is 0 Å². The van der Waals surface area contributed by atoms with E-state index in [2.05, 4.69) is 31.8 Å². The Morgan fingerprint density at radius 3 is 2.65 bits per heavy atom. The first kappa shape index (κ1) is 17.5. The molecule has 0 saturated heterocycles. The molecular formula is C18H27N3O2. The second kappa shape index (κ2) is 7.59. The van der Waals surface area contributed by atoms with E-state index in [9.17, 15) is 9.90 Å². The quantitative estimate of drug-likeness (QED) is 0.853. The van der Waals surface area contributed by atoms with E-state index in [4.69, 9.17) is 0 Å². The predicted octanol–water partition coefficient (Wildman–Crippen LogP) is 2.45. The monoisotopic (exact) mass is 317 g/mol. The van der Waals surface area contributed by atoms with Crippen molar-refractivity contribution in [2.75, 3.05) is 20.2 Å². The summed E-state index contributed by atoms with van der Waals surface area (Å²) in [6, 6.07) is 4.13. The number of unbranched alkanes of at least 4 members (excludes halogenated alkanes) is 1. The summed E-state index contributed by atoms with van der Waals surface area (Å²) in [7, 11) is 1.85. The van der Waals surface area contributed by atoms with Gasteiger partial charge in [0.2, 0.25) is 5.91 Å². The molecule has 2 rings (SSSR count). The summed E-state index contributed by atoms with van der Waals surface area (Å²) >= 11 is 0. The number of hydrogen-bond acceptors (Lipinski definition) is 3. The van der Waals surface area contributed by atoms with Crippen LogP contribution in [0.15, 0.2) is 12.1 Å². The number of carbonyl (C=O) groups is 1. The molecule has 0 aliphatic heterocycles. The van der Waals surface area contributed by atoms with Gasteiger partial charge >= 0.3 is 0 Å². The van der Waals surface area contributed by atoms with Gasteiger partial charge in [0.05, 0.1) is 17.6 Å². The Kier molecular flexibility index (Phi) is 5.77. The number of benzene rings is 1. The molecule has 0 saturated carbocycles. The van der Waals surface area contributed by atoms with Crippen LogP contribution in [-0.4, -0.2) is 45.7 Å². The molecule has 0 aliphatic rings. The summed E-state index contributed by atoms with van der Waals surface area (Å²) in [4.78, 5) is 18.9. The minimum atomic E-state index is 0.0289. The molecule has 0 spiro atoms. The van der Waals surface area contributed by atoms with E-state index in [0.717, 1.165) is 36.2 Å². The number of likely N-dealkylation sites (N-methyl/N-ethyl adjacent to an activating group) is 1. The molecule has 5 heteroatoms. The third-order valence-electron chi connectivity index (χ3n) is 4.34. The highest BCUT2D eigenvalue weighted by atomic mass is 16.3. The van der Waals surface area contributed by atoms with Gasteiger partial charge in [0, 0.05) is 20.0 Å². The molecule has 0 atom stereocenters. The van der Waals surface area contributed by atoms with Gasteiger partial charge in [-0.2, -0.15) is 0 Å². The van der Waals surface area contributed by atoms with Crippen molar-refractivity contribution in [1.82, 2.24) is 14.5 Å². The van der Waals surface area contributed by atoms with Gasteiger partial charge in [0.15, 0.2) is 0 Å². The van der Waals surface area contributed by atoms with Crippen LogP contribution < -0.4 is 0 Å². The number of aromatic nitrogens is 2. The van der Waals surface area contributed by atoms with Crippen molar-refractivity contribution >= 4 is 16.9 Å². The molecule has 1 N–H and O–H groups in total. The summed E-state index contributed by atoms with van der Waals surface area (Å²) in [5, 5.41) is 9.29. The molecule has 23 heavy (non-hydrogen) atoms. The van der Waals surface area contributed by atoms with Crippen LogP contribution in [0.4, 0.5) is 0 Å². The second-order valence-corrected chi connectivity index (χ2v) is 6.18. The fourth-order valence-corrected chi connectivity index (χ4v) is 2.67.